The second kappa shape index (κ2) is 2.86. The van der Waals surface area contributed by atoms with E-state index in [9.17, 15) is 0 Å². The van der Waals surface area contributed by atoms with Crippen LogP contribution in [0.15, 0.2) is 28.7 Å². The van der Waals surface area contributed by atoms with Crippen LogP contribution in [0.1, 0.15) is 18.9 Å². The van der Waals surface area contributed by atoms with Crippen LogP contribution in [0.5, 0.6) is 0 Å². The molecule has 0 amide bonds. The molecule has 1 aromatic carbocycles. The lowest BCUT2D eigenvalue weighted by Gasteiger charge is -2.39. The summed E-state index contributed by atoms with van der Waals surface area (Å²) < 4.78 is 6.70. The molecule has 1 fully saturated rings. The molecular weight excluding hydrogens is 216 g/mol. The van der Waals surface area contributed by atoms with Crippen LogP contribution in [0.25, 0.3) is 0 Å². The third-order valence-electron chi connectivity index (χ3n) is 2.44. The van der Waals surface area contributed by atoms with Crippen LogP contribution in [0, 0.1) is 0 Å². The van der Waals surface area contributed by atoms with E-state index < -0.39 is 0 Å². The monoisotopic (exact) mass is 226 g/mol. The smallest absolute Gasteiger partial charge is 0.0936 e. The number of hydrogen-bond donors (Lipinski definition) is 0. The van der Waals surface area contributed by atoms with Gasteiger partial charge in [-0.15, -0.1) is 0 Å². The SMILES string of the molecule is CC1(c2ccccc2Br)CCO1. The molecule has 1 unspecified atom stereocenters. The fraction of sp³-hybridized carbons (Fsp3) is 0.400. The van der Waals surface area contributed by atoms with Gasteiger partial charge in [0.25, 0.3) is 0 Å². The fourth-order valence-electron chi connectivity index (χ4n) is 1.51. The zero-order valence-electron chi connectivity index (χ0n) is 7.01. The molecule has 2 heteroatoms. The van der Waals surface area contributed by atoms with Crippen molar-refractivity contribution in [1.82, 2.24) is 0 Å². The Labute approximate surface area is 80.9 Å². The molecule has 0 bridgehead atoms. The van der Waals surface area contributed by atoms with Crippen molar-refractivity contribution in [1.29, 1.82) is 0 Å². The highest BCUT2D eigenvalue weighted by molar-refractivity contribution is 9.10. The maximum Gasteiger partial charge on any atom is 0.0936 e. The van der Waals surface area contributed by atoms with E-state index in [4.69, 9.17) is 4.74 Å². The molecule has 1 aliphatic heterocycles. The van der Waals surface area contributed by atoms with E-state index >= 15 is 0 Å². The average Bonchev–Trinajstić information content (AvgIpc) is 2.01. The molecule has 1 nitrogen and oxygen atoms in total. The van der Waals surface area contributed by atoms with Gasteiger partial charge in [-0.1, -0.05) is 34.1 Å². The van der Waals surface area contributed by atoms with E-state index in [1.807, 2.05) is 12.1 Å². The molecule has 1 heterocycles. The zero-order chi connectivity index (χ0) is 8.60. The molecule has 0 aliphatic carbocycles. The van der Waals surface area contributed by atoms with Gasteiger partial charge in [-0.3, -0.25) is 0 Å². The van der Waals surface area contributed by atoms with Crippen LogP contribution >= 0.6 is 15.9 Å². The number of hydrogen-bond acceptors (Lipinski definition) is 1. The molecular formula is C10H11BrO. The molecule has 0 aromatic heterocycles. The van der Waals surface area contributed by atoms with Gasteiger partial charge in [0, 0.05) is 10.9 Å². The number of halogens is 1. The molecule has 2 rings (SSSR count). The molecule has 0 spiro atoms. The Morgan fingerprint density at radius 2 is 2.08 bits per heavy atom. The Morgan fingerprint density at radius 1 is 1.42 bits per heavy atom. The molecule has 1 aliphatic rings. The van der Waals surface area contributed by atoms with Gasteiger partial charge < -0.3 is 4.74 Å². The van der Waals surface area contributed by atoms with E-state index in [2.05, 4.69) is 35.0 Å². The van der Waals surface area contributed by atoms with Crippen molar-refractivity contribution in [2.24, 2.45) is 0 Å². The molecule has 1 atom stereocenters. The maximum absolute atomic E-state index is 5.56. The summed E-state index contributed by atoms with van der Waals surface area (Å²) in [5, 5.41) is 0. The van der Waals surface area contributed by atoms with Gasteiger partial charge >= 0.3 is 0 Å². The third kappa shape index (κ3) is 1.19. The van der Waals surface area contributed by atoms with Crippen molar-refractivity contribution < 1.29 is 4.74 Å². The highest BCUT2D eigenvalue weighted by atomic mass is 79.9. The molecule has 12 heavy (non-hydrogen) atoms. The molecule has 1 saturated heterocycles. The molecule has 64 valence electrons. The van der Waals surface area contributed by atoms with Gasteiger partial charge in [0.15, 0.2) is 0 Å². The first-order chi connectivity index (χ1) is 5.72. The van der Waals surface area contributed by atoms with Crippen molar-refractivity contribution in [3.05, 3.63) is 34.3 Å². The lowest BCUT2D eigenvalue weighted by Crippen LogP contribution is -2.37. The lowest BCUT2D eigenvalue weighted by molar-refractivity contribution is -0.141. The molecule has 0 N–H and O–H groups in total. The highest BCUT2D eigenvalue weighted by Crippen LogP contribution is 2.39. The van der Waals surface area contributed by atoms with E-state index in [1.54, 1.807) is 0 Å². The Balaban J connectivity index is 2.39. The van der Waals surface area contributed by atoms with Crippen LogP contribution in [0.3, 0.4) is 0 Å². The van der Waals surface area contributed by atoms with E-state index in [1.165, 1.54) is 5.56 Å². The first-order valence-corrected chi connectivity index (χ1v) is 4.91. The standard InChI is InChI=1S/C10H11BrO/c1-10(6-7-12-10)8-4-2-3-5-9(8)11/h2-5H,6-7H2,1H3. The largest absolute Gasteiger partial charge is 0.370 e. The normalized spacial score (nSPS) is 28.2. The second-order valence-electron chi connectivity index (χ2n) is 3.31. The number of ether oxygens (including phenoxy) is 1. The Kier molecular flexibility index (Phi) is 1.97. The third-order valence-corrected chi connectivity index (χ3v) is 3.13. The maximum atomic E-state index is 5.56. The average molecular weight is 227 g/mol. The van der Waals surface area contributed by atoms with Crippen LogP contribution < -0.4 is 0 Å². The predicted octanol–water partition coefficient (Wildman–Crippen LogP) is 3.08. The second-order valence-corrected chi connectivity index (χ2v) is 4.16. The highest BCUT2D eigenvalue weighted by Gasteiger charge is 2.36. The van der Waals surface area contributed by atoms with Gasteiger partial charge in [-0.25, -0.2) is 0 Å². The number of benzene rings is 1. The first kappa shape index (κ1) is 8.27. The van der Waals surface area contributed by atoms with Crippen molar-refractivity contribution in [3.63, 3.8) is 0 Å². The van der Waals surface area contributed by atoms with Gasteiger partial charge in [-0.2, -0.15) is 0 Å². The number of rotatable bonds is 1. The molecule has 0 radical (unpaired) electrons. The zero-order valence-corrected chi connectivity index (χ0v) is 8.60. The topological polar surface area (TPSA) is 9.23 Å². The van der Waals surface area contributed by atoms with Crippen molar-refractivity contribution in [2.75, 3.05) is 6.61 Å². The lowest BCUT2D eigenvalue weighted by atomic mass is 9.89. The Morgan fingerprint density at radius 3 is 2.58 bits per heavy atom. The Bertz CT molecular complexity index is 292. The van der Waals surface area contributed by atoms with E-state index in [0.717, 1.165) is 17.5 Å². The van der Waals surface area contributed by atoms with Crippen molar-refractivity contribution >= 4 is 15.9 Å². The summed E-state index contributed by atoms with van der Waals surface area (Å²) in [4.78, 5) is 0. The molecule has 0 saturated carbocycles. The first-order valence-electron chi connectivity index (χ1n) is 4.11. The van der Waals surface area contributed by atoms with E-state index in [-0.39, 0.29) is 5.60 Å². The summed E-state index contributed by atoms with van der Waals surface area (Å²) >= 11 is 3.53. The van der Waals surface area contributed by atoms with Crippen molar-refractivity contribution in [2.45, 2.75) is 18.9 Å². The minimum absolute atomic E-state index is 0.0416. The van der Waals surface area contributed by atoms with Gasteiger partial charge in [0.1, 0.15) is 0 Å². The summed E-state index contributed by atoms with van der Waals surface area (Å²) in [6.07, 6.45) is 1.12. The summed E-state index contributed by atoms with van der Waals surface area (Å²) in [5.41, 5.74) is 1.22. The summed E-state index contributed by atoms with van der Waals surface area (Å²) in [5.74, 6) is 0. The fourth-order valence-corrected chi connectivity index (χ4v) is 2.21. The van der Waals surface area contributed by atoms with Crippen LogP contribution in [-0.2, 0) is 10.3 Å². The van der Waals surface area contributed by atoms with E-state index in [0.29, 0.717) is 0 Å². The van der Waals surface area contributed by atoms with Crippen LogP contribution in [-0.4, -0.2) is 6.61 Å². The summed E-state index contributed by atoms with van der Waals surface area (Å²) in [6.45, 7) is 3.02. The van der Waals surface area contributed by atoms with Crippen molar-refractivity contribution in [3.8, 4) is 0 Å². The summed E-state index contributed by atoms with van der Waals surface area (Å²) in [7, 11) is 0. The van der Waals surface area contributed by atoms with Gasteiger partial charge in [-0.05, 0) is 18.6 Å². The minimum atomic E-state index is -0.0416. The summed E-state index contributed by atoms with van der Waals surface area (Å²) in [6, 6.07) is 8.24. The van der Waals surface area contributed by atoms with Gasteiger partial charge in [0.05, 0.1) is 12.2 Å². The quantitative estimate of drug-likeness (QED) is 0.716. The van der Waals surface area contributed by atoms with Crippen LogP contribution in [0.2, 0.25) is 0 Å². The van der Waals surface area contributed by atoms with Crippen LogP contribution in [0.4, 0.5) is 0 Å². The minimum Gasteiger partial charge on any atom is -0.370 e. The molecule has 1 aromatic rings. The Hall–Kier alpha value is -0.340. The predicted molar refractivity (Wildman–Crippen MR) is 52.1 cm³/mol. The van der Waals surface area contributed by atoms with Gasteiger partial charge in [0.2, 0.25) is 0 Å².